The summed E-state index contributed by atoms with van der Waals surface area (Å²) < 4.78 is 12.7. The van der Waals surface area contributed by atoms with E-state index in [1.54, 1.807) is 12.1 Å². The average molecular weight is 278 g/mol. The van der Waals surface area contributed by atoms with Crippen LogP contribution in [-0.2, 0) is 20.8 Å². The number of nitrogens with one attached hydrogen (secondary N) is 1. The Morgan fingerprint density at radius 3 is 2.55 bits per heavy atom. The molecular formula is C14H15FN2O3. The Morgan fingerprint density at radius 2 is 2.00 bits per heavy atom. The molecule has 0 spiro atoms. The molecule has 1 aliphatic heterocycles. The predicted octanol–water partition coefficient (Wildman–Crippen LogP) is 0.142. The summed E-state index contributed by atoms with van der Waals surface area (Å²) in [5.41, 5.74) is 0.887. The van der Waals surface area contributed by atoms with Crippen LogP contribution < -0.4 is 5.32 Å². The number of hydrogen-bond donors (Lipinski definition) is 1. The summed E-state index contributed by atoms with van der Waals surface area (Å²) in [6.07, 6.45) is 0.538. The quantitative estimate of drug-likeness (QED) is 0.629. The van der Waals surface area contributed by atoms with Gasteiger partial charge in [0.15, 0.2) is 0 Å². The molecule has 1 atom stereocenters. The highest BCUT2D eigenvalue weighted by Gasteiger charge is 2.41. The molecule has 2 rings (SSSR count). The number of likely N-dealkylation sites (N-methyl/N-ethyl adjacent to an activating group) is 1. The van der Waals surface area contributed by atoms with E-state index in [9.17, 15) is 18.8 Å². The maximum absolute atomic E-state index is 12.7. The lowest BCUT2D eigenvalue weighted by Crippen LogP contribution is -2.36. The van der Waals surface area contributed by atoms with Crippen LogP contribution >= 0.6 is 0 Å². The zero-order chi connectivity index (χ0) is 14.7. The second-order valence-electron chi connectivity index (χ2n) is 4.77. The summed E-state index contributed by atoms with van der Waals surface area (Å²) in [7, 11) is 1.49. The molecule has 106 valence electrons. The van der Waals surface area contributed by atoms with E-state index in [1.807, 2.05) is 0 Å². The third-order valence-corrected chi connectivity index (χ3v) is 3.27. The van der Waals surface area contributed by atoms with Crippen LogP contribution in [0, 0.1) is 11.7 Å². The van der Waals surface area contributed by atoms with E-state index >= 15 is 0 Å². The van der Waals surface area contributed by atoms with E-state index in [4.69, 9.17) is 0 Å². The van der Waals surface area contributed by atoms with Gasteiger partial charge >= 0.3 is 0 Å². The van der Waals surface area contributed by atoms with Crippen molar-refractivity contribution in [3.05, 3.63) is 35.6 Å². The van der Waals surface area contributed by atoms with E-state index in [0.717, 1.165) is 5.56 Å². The standard InChI is InChI=1S/C14H15FN2O3/c1-17-8-11(12(18)14(17)20)13(19)16-7-6-9-2-4-10(15)5-3-9/h2-5,11H,6-8H2,1H3,(H,16,19). The fourth-order valence-electron chi connectivity index (χ4n) is 2.08. The number of likely N-dealkylation sites (tertiary alicyclic amines) is 1. The van der Waals surface area contributed by atoms with Crippen LogP contribution in [0.15, 0.2) is 24.3 Å². The molecule has 1 aromatic carbocycles. The highest BCUT2D eigenvalue weighted by molar-refractivity contribution is 6.42. The van der Waals surface area contributed by atoms with Crippen LogP contribution in [0.3, 0.4) is 0 Å². The van der Waals surface area contributed by atoms with Crippen molar-refractivity contribution in [2.75, 3.05) is 20.1 Å². The first-order chi connectivity index (χ1) is 9.49. The Morgan fingerprint density at radius 1 is 1.35 bits per heavy atom. The fourth-order valence-corrected chi connectivity index (χ4v) is 2.08. The molecule has 0 aliphatic carbocycles. The molecule has 0 aromatic heterocycles. The summed E-state index contributed by atoms with van der Waals surface area (Å²) in [6, 6.07) is 5.98. The number of carbonyl (C=O) groups excluding carboxylic acids is 3. The third-order valence-electron chi connectivity index (χ3n) is 3.27. The molecule has 1 saturated heterocycles. The van der Waals surface area contributed by atoms with Crippen molar-refractivity contribution in [2.24, 2.45) is 5.92 Å². The number of halogens is 1. The third kappa shape index (κ3) is 3.01. The Hall–Kier alpha value is -2.24. The van der Waals surface area contributed by atoms with Crippen molar-refractivity contribution < 1.29 is 18.8 Å². The SMILES string of the molecule is CN1CC(C(=O)NCCc2ccc(F)cc2)C(=O)C1=O. The molecule has 6 heteroatoms. The van der Waals surface area contributed by atoms with Gasteiger partial charge in [-0.3, -0.25) is 14.4 Å². The molecule has 1 fully saturated rings. The first-order valence-corrected chi connectivity index (χ1v) is 6.30. The fraction of sp³-hybridized carbons (Fsp3) is 0.357. The number of amides is 2. The van der Waals surface area contributed by atoms with Gasteiger partial charge in [-0.1, -0.05) is 12.1 Å². The second-order valence-corrected chi connectivity index (χ2v) is 4.77. The molecule has 1 aliphatic rings. The van der Waals surface area contributed by atoms with Crippen LogP contribution in [0.4, 0.5) is 4.39 Å². The van der Waals surface area contributed by atoms with Crippen molar-refractivity contribution in [3.8, 4) is 0 Å². The molecule has 1 aromatic rings. The van der Waals surface area contributed by atoms with Crippen LogP contribution in [0.1, 0.15) is 5.56 Å². The summed E-state index contributed by atoms with van der Waals surface area (Å²) in [4.78, 5) is 35.9. The summed E-state index contributed by atoms with van der Waals surface area (Å²) >= 11 is 0. The molecule has 1 N–H and O–H groups in total. The van der Waals surface area contributed by atoms with Gasteiger partial charge in [0.25, 0.3) is 5.91 Å². The normalized spacial score (nSPS) is 18.5. The van der Waals surface area contributed by atoms with Crippen LogP contribution in [0.25, 0.3) is 0 Å². The highest BCUT2D eigenvalue weighted by Crippen LogP contribution is 2.12. The maximum Gasteiger partial charge on any atom is 0.290 e. The summed E-state index contributed by atoms with van der Waals surface area (Å²) in [5, 5.41) is 2.63. The molecule has 2 amide bonds. The number of rotatable bonds is 4. The van der Waals surface area contributed by atoms with Gasteiger partial charge in [-0.2, -0.15) is 0 Å². The Kier molecular flexibility index (Phi) is 4.12. The Bertz CT molecular complexity index is 542. The van der Waals surface area contributed by atoms with Gasteiger partial charge in [0.05, 0.1) is 0 Å². The number of ketones is 1. The van der Waals surface area contributed by atoms with Gasteiger partial charge in [0.1, 0.15) is 11.7 Å². The molecule has 0 radical (unpaired) electrons. The number of Topliss-reactive ketones (excluding diaryl/α,β-unsaturated/α-hetero) is 1. The Labute approximate surface area is 115 Å². The maximum atomic E-state index is 12.7. The lowest BCUT2D eigenvalue weighted by Gasteiger charge is -2.09. The largest absolute Gasteiger partial charge is 0.355 e. The van der Waals surface area contributed by atoms with Crippen molar-refractivity contribution in [1.82, 2.24) is 10.2 Å². The minimum Gasteiger partial charge on any atom is -0.355 e. The molecule has 20 heavy (non-hydrogen) atoms. The topological polar surface area (TPSA) is 66.5 Å². The number of hydrogen-bond acceptors (Lipinski definition) is 3. The van der Waals surface area contributed by atoms with E-state index in [1.165, 1.54) is 24.1 Å². The number of carbonyl (C=O) groups is 3. The van der Waals surface area contributed by atoms with Gasteiger partial charge in [-0.15, -0.1) is 0 Å². The monoisotopic (exact) mass is 278 g/mol. The minimum atomic E-state index is -0.916. The van der Waals surface area contributed by atoms with Crippen molar-refractivity contribution in [3.63, 3.8) is 0 Å². The highest BCUT2D eigenvalue weighted by atomic mass is 19.1. The molecule has 1 heterocycles. The predicted molar refractivity (Wildman–Crippen MR) is 69.2 cm³/mol. The Balaban J connectivity index is 1.82. The molecule has 5 nitrogen and oxygen atoms in total. The van der Waals surface area contributed by atoms with Crippen LogP contribution in [0.5, 0.6) is 0 Å². The molecule has 0 saturated carbocycles. The minimum absolute atomic E-state index is 0.125. The van der Waals surface area contributed by atoms with Crippen LogP contribution in [0.2, 0.25) is 0 Å². The molecule has 1 unspecified atom stereocenters. The smallest absolute Gasteiger partial charge is 0.290 e. The van der Waals surface area contributed by atoms with Gasteiger partial charge in [-0.05, 0) is 24.1 Å². The number of nitrogens with zero attached hydrogens (tertiary/aromatic N) is 1. The lowest BCUT2D eigenvalue weighted by atomic mass is 10.1. The van der Waals surface area contributed by atoms with Crippen LogP contribution in [-0.4, -0.2) is 42.6 Å². The lowest BCUT2D eigenvalue weighted by molar-refractivity contribution is -0.142. The van der Waals surface area contributed by atoms with E-state index < -0.39 is 23.5 Å². The molecular weight excluding hydrogens is 263 g/mol. The van der Waals surface area contributed by atoms with Crippen molar-refractivity contribution in [2.45, 2.75) is 6.42 Å². The first kappa shape index (κ1) is 14.2. The van der Waals surface area contributed by atoms with Crippen molar-refractivity contribution in [1.29, 1.82) is 0 Å². The van der Waals surface area contributed by atoms with Gasteiger partial charge in [0, 0.05) is 20.1 Å². The summed E-state index contributed by atoms with van der Waals surface area (Å²) in [6.45, 7) is 0.464. The summed E-state index contributed by atoms with van der Waals surface area (Å²) in [5.74, 6) is -2.94. The second kappa shape index (κ2) is 5.81. The van der Waals surface area contributed by atoms with Gasteiger partial charge < -0.3 is 10.2 Å². The van der Waals surface area contributed by atoms with Gasteiger partial charge in [0.2, 0.25) is 11.7 Å². The van der Waals surface area contributed by atoms with Crippen molar-refractivity contribution >= 4 is 17.6 Å². The van der Waals surface area contributed by atoms with E-state index in [0.29, 0.717) is 13.0 Å². The van der Waals surface area contributed by atoms with Gasteiger partial charge in [-0.25, -0.2) is 4.39 Å². The first-order valence-electron chi connectivity index (χ1n) is 6.30. The number of benzene rings is 1. The zero-order valence-corrected chi connectivity index (χ0v) is 11.1. The zero-order valence-electron chi connectivity index (χ0n) is 11.1. The molecule has 0 bridgehead atoms. The van der Waals surface area contributed by atoms with E-state index in [2.05, 4.69) is 5.32 Å². The van der Waals surface area contributed by atoms with E-state index in [-0.39, 0.29) is 12.4 Å². The average Bonchev–Trinajstić information content (AvgIpc) is 2.69.